The number of hydrogen-bond donors (Lipinski definition) is 2. The molecule has 0 amide bonds. The minimum absolute atomic E-state index is 0.399. The predicted molar refractivity (Wildman–Crippen MR) is 72.8 cm³/mol. The van der Waals surface area contributed by atoms with E-state index in [0.29, 0.717) is 6.54 Å². The van der Waals surface area contributed by atoms with E-state index >= 15 is 0 Å². The Balaban J connectivity index is 2.25. The summed E-state index contributed by atoms with van der Waals surface area (Å²) in [5.41, 5.74) is 1.33. The van der Waals surface area contributed by atoms with Crippen molar-refractivity contribution in [2.45, 2.75) is 13.8 Å². The number of carbonyl (C=O) groups is 1. The second-order valence-electron chi connectivity index (χ2n) is 5.21. The van der Waals surface area contributed by atoms with Gasteiger partial charge in [0.05, 0.1) is 11.1 Å². The molecule has 2 aromatic rings. The average molecular weight is 246 g/mol. The van der Waals surface area contributed by atoms with Gasteiger partial charge in [0.25, 0.3) is 0 Å². The zero-order chi connectivity index (χ0) is 13.3. The van der Waals surface area contributed by atoms with Crippen LogP contribution in [0.4, 0.5) is 5.69 Å². The number of hydrogen-bond acceptors (Lipinski definition) is 2. The van der Waals surface area contributed by atoms with Crippen LogP contribution >= 0.6 is 0 Å². The fraction of sp³-hybridized carbons (Fsp3) is 0.357. The lowest BCUT2D eigenvalue weighted by Crippen LogP contribution is -2.31. The van der Waals surface area contributed by atoms with Crippen molar-refractivity contribution >= 4 is 22.6 Å². The first-order valence-corrected chi connectivity index (χ1v) is 5.93. The molecular formula is C14H18N2O2. The maximum Gasteiger partial charge on any atom is 0.310 e. The minimum Gasteiger partial charge on any atom is -0.481 e. The largest absolute Gasteiger partial charge is 0.481 e. The molecule has 96 valence electrons. The summed E-state index contributed by atoms with van der Waals surface area (Å²) in [5.74, 6) is -0.796. The lowest BCUT2D eigenvalue weighted by Gasteiger charge is -2.19. The third-order valence-corrected chi connectivity index (χ3v) is 3.20. The molecule has 0 fully saturated rings. The van der Waals surface area contributed by atoms with Crippen molar-refractivity contribution in [2.24, 2.45) is 12.5 Å². The van der Waals surface area contributed by atoms with Crippen LogP contribution in [0.15, 0.2) is 30.5 Å². The van der Waals surface area contributed by atoms with Crippen LogP contribution in [0.3, 0.4) is 0 Å². The summed E-state index contributed by atoms with van der Waals surface area (Å²) in [6, 6.07) is 8.05. The number of benzene rings is 1. The van der Waals surface area contributed by atoms with E-state index in [1.807, 2.05) is 42.1 Å². The van der Waals surface area contributed by atoms with E-state index in [4.69, 9.17) is 5.11 Å². The van der Waals surface area contributed by atoms with Crippen LogP contribution < -0.4 is 5.32 Å². The average Bonchev–Trinajstić information content (AvgIpc) is 2.65. The first-order valence-electron chi connectivity index (χ1n) is 5.93. The smallest absolute Gasteiger partial charge is 0.310 e. The van der Waals surface area contributed by atoms with Crippen LogP contribution in [0, 0.1) is 5.41 Å². The molecule has 0 unspecified atom stereocenters. The Hall–Kier alpha value is -1.97. The van der Waals surface area contributed by atoms with Crippen LogP contribution in [-0.2, 0) is 11.8 Å². The number of aliphatic carboxylic acids is 1. The molecule has 1 heterocycles. The Bertz CT molecular complexity index is 584. The van der Waals surface area contributed by atoms with E-state index in [1.165, 1.54) is 0 Å². The van der Waals surface area contributed by atoms with Crippen molar-refractivity contribution < 1.29 is 9.90 Å². The number of nitrogens with one attached hydrogen (secondary N) is 1. The number of anilines is 1. The molecule has 0 aliphatic carbocycles. The zero-order valence-corrected chi connectivity index (χ0v) is 10.9. The second kappa shape index (κ2) is 4.37. The number of carboxylic acid groups (broad SMARTS) is 1. The Morgan fingerprint density at radius 3 is 2.72 bits per heavy atom. The molecule has 0 spiro atoms. The van der Waals surface area contributed by atoms with Gasteiger partial charge in [-0.05, 0) is 19.9 Å². The molecule has 0 atom stereocenters. The molecule has 0 aliphatic rings. The van der Waals surface area contributed by atoms with Crippen LogP contribution in [0.1, 0.15) is 13.8 Å². The second-order valence-corrected chi connectivity index (χ2v) is 5.21. The summed E-state index contributed by atoms with van der Waals surface area (Å²) in [6.45, 7) is 3.83. The van der Waals surface area contributed by atoms with E-state index in [-0.39, 0.29) is 0 Å². The molecule has 0 saturated carbocycles. The Kier molecular flexibility index (Phi) is 3.03. The van der Waals surface area contributed by atoms with E-state index in [2.05, 4.69) is 5.32 Å². The minimum atomic E-state index is -0.796. The number of rotatable bonds is 4. The maximum absolute atomic E-state index is 11.1. The zero-order valence-electron chi connectivity index (χ0n) is 10.9. The highest BCUT2D eigenvalue weighted by Crippen LogP contribution is 2.26. The van der Waals surface area contributed by atoms with Crippen molar-refractivity contribution in [3.8, 4) is 0 Å². The number of para-hydroxylation sites is 1. The van der Waals surface area contributed by atoms with Crippen LogP contribution in [0.25, 0.3) is 10.9 Å². The van der Waals surface area contributed by atoms with Crippen molar-refractivity contribution in [2.75, 3.05) is 11.9 Å². The van der Waals surface area contributed by atoms with E-state index in [0.717, 1.165) is 16.6 Å². The van der Waals surface area contributed by atoms with Gasteiger partial charge in [0.1, 0.15) is 0 Å². The number of nitrogens with zero attached hydrogens (tertiary/aromatic N) is 1. The molecule has 4 heteroatoms. The molecule has 2 rings (SSSR count). The third kappa shape index (κ3) is 2.18. The van der Waals surface area contributed by atoms with E-state index < -0.39 is 11.4 Å². The van der Waals surface area contributed by atoms with Crippen molar-refractivity contribution in [1.29, 1.82) is 0 Å². The molecule has 4 nitrogen and oxygen atoms in total. The monoisotopic (exact) mass is 246 g/mol. The molecule has 0 saturated heterocycles. The molecule has 0 bridgehead atoms. The highest BCUT2D eigenvalue weighted by Gasteiger charge is 2.27. The van der Waals surface area contributed by atoms with Crippen LogP contribution in [0.2, 0.25) is 0 Å². The summed E-state index contributed by atoms with van der Waals surface area (Å²) < 4.78 is 2.03. The van der Waals surface area contributed by atoms with Gasteiger partial charge in [0.2, 0.25) is 0 Å². The fourth-order valence-corrected chi connectivity index (χ4v) is 1.87. The lowest BCUT2D eigenvalue weighted by molar-refractivity contribution is -0.146. The van der Waals surface area contributed by atoms with Gasteiger partial charge >= 0.3 is 5.97 Å². The molecular weight excluding hydrogens is 228 g/mol. The first-order chi connectivity index (χ1) is 8.42. The molecule has 1 aromatic heterocycles. The van der Waals surface area contributed by atoms with Gasteiger partial charge in [-0.3, -0.25) is 4.79 Å². The Labute approximate surface area is 106 Å². The first kappa shape index (κ1) is 12.5. The SMILES string of the molecule is Cn1cc(NCC(C)(C)C(=O)O)c2ccccc21. The summed E-state index contributed by atoms with van der Waals surface area (Å²) in [4.78, 5) is 11.1. The topological polar surface area (TPSA) is 54.3 Å². The summed E-state index contributed by atoms with van der Waals surface area (Å²) in [5, 5.41) is 13.4. The predicted octanol–water partition coefficient (Wildman–Crippen LogP) is 2.70. The van der Waals surface area contributed by atoms with Gasteiger partial charge in [-0.15, -0.1) is 0 Å². The van der Waals surface area contributed by atoms with Crippen molar-refractivity contribution in [1.82, 2.24) is 4.57 Å². The van der Waals surface area contributed by atoms with Gasteiger partial charge in [0, 0.05) is 30.7 Å². The highest BCUT2D eigenvalue weighted by atomic mass is 16.4. The van der Waals surface area contributed by atoms with E-state index in [9.17, 15) is 4.79 Å². The maximum atomic E-state index is 11.1. The van der Waals surface area contributed by atoms with Gasteiger partial charge in [-0.1, -0.05) is 18.2 Å². The van der Waals surface area contributed by atoms with E-state index in [1.54, 1.807) is 13.8 Å². The molecule has 18 heavy (non-hydrogen) atoms. The number of aryl methyl sites for hydroxylation is 1. The number of carboxylic acids is 1. The molecule has 0 aliphatic heterocycles. The Morgan fingerprint density at radius 2 is 2.06 bits per heavy atom. The van der Waals surface area contributed by atoms with Crippen molar-refractivity contribution in [3.05, 3.63) is 30.5 Å². The van der Waals surface area contributed by atoms with Crippen LogP contribution in [0.5, 0.6) is 0 Å². The summed E-state index contributed by atoms with van der Waals surface area (Å²) in [7, 11) is 1.98. The summed E-state index contributed by atoms with van der Waals surface area (Å²) >= 11 is 0. The molecule has 0 radical (unpaired) electrons. The number of fused-ring (bicyclic) bond motifs is 1. The standard InChI is InChI=1S/C14H18N2O2/c1-14(2,13(17)18)9-15-11-8-16(3)12-7-5-4-6-10(11)12/h4-8,15H,9H2,1-3H3,(H,17,18). The van der Waals surface area contributed by atoms with Gasteiger partial charge in [0.15, 0.2) is 0 Å². The quantitative estimate of drug-likeness (QED) is 0.872. The fourth-order valence-electron chi connectivity index (χ4n) is 1.87. The number of aromatic nitrogens is 1. The summed E-state index contributed by atoms with van der Waals surface area (Å²) in [6.07, 6.45) is 1.99. The Morgan fingerprint density at radius 1 is 1.39 bits per heavy atom. The van der Waals surface area contributed by atoms with Crippen LogP contribution in [-0.4, -0.2) is 22.2 Å². The van der Waals surface area contributed by atoms with Gasteiger partial charge in [-0.2, -0.15) is 0 Å². The normalized spacial score (nSPS) is 11.7. The highest BCUT2D eigenvalue weighted by molar-refractivity contribution is 5.93. The lowest BCUT2D eigenvalue weighted by atomic mass is 9.94. The third-order valence-electron chi connectivity index (χ3n) is 3.20. The molecule has 2 N–H and O–H groups in total. The van der Waals surface area contributed by atoms with Crippen molar-refractivity contribution in [3.63, 3.8) is 0 Å². The van der Waals surface area contributed by atoms with Gasteiger partial charge in [-0.25, -0.2) is 0 Å². The van der Waals surface area contributed by atoms with Gasteiger partial charge < -0.3 is 15.0 Å². The molecule has 1 aromatic carbocycles.